The fourth-order valence-electron chi connectivity index (χ4n) is 3.06. The van der Waals surface area contributed by atoms with E-state index in [2.05, 4.69) is 22.8 Å². The third-order valence-corrected chi connectivity index (χ3v) is 4.55. The fourth-order valence-corrected chi connectivity index (χ4v) is 3.06. The van der Waals surface area contributed by atoms with Crippen LogP contribution in [0.1, 0.15) is 89.8 Å². The van der Waals surface area contributed by atoms with Crippen LogP contribution in [-0.4, -0.2) is 16.0 Å². The molecule has 0 saturated carbocycles. The molecule has 0 bridgehead atoms. The molecule has 0 aliphatic carbocycles. The lowest BCUT2D eigenvalue weighted by Crippen LogP contribution is -3.00. The summed E-state index contributed by atoms with van der Waals surface area (Å²) in [6, 6.07) is 0. The van der Waals surface area contributed by atoms with Gasteiger partial charge in [0.05, 0.1) is 13.6 Å². The van der Waals surface area contributed by atoms with Gasteiger partial charge < -0.3 is 22.2 Å². The van der Waals surface area contributed by atoms with Crippen molar-refractivity contribution in [1.82, 2.24) is 4.57 Å². The number of unbranched alkanes of at least 4 members (excludes halogenated alkanes) is 11. The van der Waals surface area contributed by atoms with Crippen molar-refractivity contribution >= 4 is 6.21 Å². The largest absolute Gasteiger partial charge is 1.00 e. The highest BCUT2D eigenvalue weighted by Gasteiger charge is 2.11. The first kappa shape index (κ1) is 23.2. The van der Waals surface area contributed by atoms with Crippen molar-refractivity contribution in [2.24, 2.45) is 12.2 Å². The average Bonchev–Trinajstić information content (AvgIpc) is 2.89. The molecule has 0 aliphatic heterocycles. The van der Waals surface area contributed by atoms with E-state index in [4.69, 9.17) is 5.21 Å². The smallest absolute Gasteiger partial charge is 0.303 e. The summed E-state index contributed by atoms with van der Waals surface area (Å²) in [5, 5.41) is 11.8. The van der Waals surface area contributed by atoms with Crippen LogP contribution < -0.4 is 21.5 Å². The molecule has 0 fully saturated rings. The van der Waals surface area contributed by atoms with Crippen molar-refractivity contribution in [2.75, 3.05) is 0 Å². The van der Waals surface area contributed by atoms with Gasteiger partial charge in [-0.1, -0.05) is 76.3 Å². The molecule has 140 valence electrons. The van der Waals surface area contributed by atoms with Gasteiger partial charge in [0.2, 0.25) is 0 Å². The Hall–Kier alpha value is -0.840. The van der Waals surface area contributed by atoms with Gasteiger partial charge in [0.15, 0.2) is 6.21 Å². The summed E-state index contributed by atoms with van der Waals surface area (Å²) >= 11 is 0. The maximum absolute atomic E-state index is 8.70. The monoisotopic (exact) mass is 401 g/mol. The summed E-state index contributed by atoms with van der Waals surface area (Å²) in [5.74, 6) is 0.940. The van der Waals surface area contributed by atoms with Crippen LogP contribution in [0.25, 0.3) is 0 Å². The fraction of sp³-hybridized carbons (Fsp3) is 0.789. The van der Waals surface area contributed by atoms with Gasteiger partial charge in [-0.3, -0.25) is 0 Å². The molecule has 1 N–H and O–H groups in total. The molecule has 0 spiro atoms. The standard InChI is InChI=1S/C19H35N3O.BrH/c1-3-4-5-6-7-8-9-10-11-12-13-14-15-22-17-16-21(2)19(22)18-20-23;/h16-18H,3-15H2,1-2H3;1H. The summed E-state index contributed by atoms with van der Waals surface area (Å²) in [7, 11) is 1.97. The van der Waals surface area contributed by atoms with E-state index in [1.807, 2.05) is 17.8 Å². The summed E-state index contributed by atoms with van der Waals surface area (Å²) < 4.78 is 4.12. The van der Waals surface area contributed by atoms with Crippen molar-refractivity contribution in [3.63, 3.8) is 0 Å². The molecule has 0 unspecified atom stereocenters. The molecule has 1 aromatic heterocycles. The number of aromatic nitrogens is 2. The van der Waals surface area contributed by atoms with E-state index in [1.165, 1.54) is 83.3 Å². The molecule has 0 radical (unpaired) electrons. The molecule has 4 nitrogen and oxygen atoms in total. The van der Waals surface area contributed by atoms with Gasteiger partial charge >= 0.3 is 5.82 Å². The second-order valence-electron chi connectivity index (χ2n) is 6.59. The van der Waals surface area contributed by atoms with E-state index in [0.29, 0.717) is 0 Å². The summed E-state index contributed by atoms with van der Waals surface area (Å²) in [5.41, 5.74) is 0. The van der Waals surface area contributed by atoms with Gasteiger partial charge in [-0.05, 0) is 12.8 Å². The molecular weight excluding hydrogens is 366 g/mol. The summed E-state index contributed by atoms with van der Waals surface area (Å²) in [6.45, 7) is 3.27. The Bertz CT molecular complexity index is 432. The van der Waals surface area contributed by atoms with E-state index in [1.54, 1.807) is 0 Å². The lowest BCUT2D eigenvalue weighted by molar-refractivity contribution is -0.671. The molecule has 5 heteroatoms. The van der Waals surface area contributed by atoms with Crippen LogP contribution in [0.3, 0.4) is 0 Å². The Morgan fingerprint density at radius 2 is 1.46 bits per heavy atom. The SMILES string of the molecule is CCCCCCCCCCCCCCn1cc[n+](C)c1C=NO.[Br-]. The third-order valence-electron chi connectivity index (χ3n) is 4.55. The predicted molar refractivity (Wildman–Crippen MR) is 96.1 cm³/mol. The van der Waals surface area contributed by atoms with Crippen molar-refractivity contribution in [3.05, 3.63) is 18.2 Å². The van der Waals surface area contributed by atoms with E-state index in [0.717, 1.165) is 12.4 Å². The van der Waals surface area contributed by atoms with Crippen molar-refractivity contribution < 1.29 is 26.8 Å². The van der Waals surface area contributed by atoms with Gasteiger partial charge in [-0.25, -0.2) is 9.13 Å². The first-order valence-electron chi connectivity index (χ1n) is 9.51. The molecule has 0 aliphatic rings. The zero-order valence-electron chi connectivity index (χ0n) is 15.6. The van der Waals surface area contributed by atoms with Gasteiger partial charge in [0, 0.05) is 0 Å². The minimum Gasteiger partial charge on any atom is -1.00 e. The lowest BCUT2D eigenvalue weighted by atomic mass is 10.1. The van der Waals surface area contributed by atoms with Gasteiger partial charge in [0.1, 0.15) is 12.4 Å². The van der Waals surface area contributed by atoms with Crippen molar-refractivity contribution in [3.8, 4) is 0 Å². The Morgan fingerprint density at radius 1 is 0.958 bits per heavy atom. The minimum absolute atomic E-state index is 0. The maximum atomic E-state index is 8.70. The Kier molecular flexibility index (Phi) is 15.1. The normalized spacial score (nSPS) is 11.1. The van der Waals surface area contributed by atoms with Crippen LogP contribution in [-0.2, 0) is 13.6 Å². The topological polar surface area (TPSA) is 41.4 Å². The van der Waals surface area contributed by atoms with Gasteiger partial charge in [-0.2, -0.15) is 0 Å². The molecule has 1 rings (SSSR count). The zero-order valence-corrected chi connectivity index (χ0v) is 17.2. The quantitative estimate of drug-likeness (QED) is 0.167. The highest BCUT2D eigenvalue weighted by molar-refractivity contribution is 5.72. The van der Waals surface area contributed by atoms with Crippen molar-refractivity contribution in [2.45, 2.75) is 90.5 Å². The number of hydrogen-bond acceptors (Lipinski definition) is 2. The van der Waals surface area contributed by atoms with Crippen LogP contribution in [0.2, 0.25) is 0 Å². The highest BCUT2D eigenvalue weighted by atomic mass is 79.9. The van der Waals surface area contributed by atoms with Crippen LogP contribution in [0.15, 0.2) is 17.5 Å². The average molecular weight is 402 g/mol. The summed E-state index contributed by atoms with van der Waals surface area (Å²) in [4.78, 5) is 0. The number of rotatable bonds is 14. The molecule has 24 heavy (non-hydrogen) atoms. The number of aryl methyl sites for hydroxylation is 2. The molecule has 1 aromatic rings. The number of imidazole rings is 1. The van der Waals surface area contributed by atoms with Crippen LogP contribution in [0, 0.1) is 0 Å². The molecule has 1 heterocycles. The van der Waals surface area contributed by atoms with Crippen LogP contribution in [0.5, 0.6) is 0 Å². The van der Waals surface area contributed by atoms with Crippen LogP contribution in [0.4, 0.5) is 0 Å². The number of oxime groups is 1. The predicted octanol–water partition coefficient (Wildman–Crippen LogP) is 1.83. The Morgan fingerprint density at radius 3 is 1.96 bits per heavy atom. The minimum atomic E-state index is 0. The Labute approximate surface area is 158 Å². The highest BCUT2D eigenvalue weighted by Crippen LogP contribution is 2.12. The van der Waals surface area contributed by atoms with Gasteiger partial charge in [0.25, 0.3) is 0 Å². The summed E-state index contributed by atoms with van der Waals surface area (Å²) in [6.07, 6.45) is 22.0. The second kappa shape index (κ2) is 15.7. The van der Waals surface area contributed by atoms with E-state index < -0.39 is 0 Å². The van der Waals surface area contributed by atoms with E-state index >= 15 is 0 Å². The van der Waals surface area contributed by atoms with Gasteiger partial charge in [-0.15, -0.1) is 0 Å². The molecule has 0 aromatic carbocycles. The van der Waals surface area contributed by atoms with E-state index in [-0.39, 0.29) is 17.0 Å². The Balaban J connectivity index is 0.00000529. The number of halogens is 1. The number of hydrogen-bond donors (Lipinski definition) is 1. The second-order valence-corrected chi connectivity index (χ2v) is 6.59. The van der Waals surface area contributed by atoms with Crippen LogP contribution >= 0.6 is 0 Å². The molecule has 0 saturated heterocycles. The van der Waals surface area contributed by atoms with Crippen molar-refractivity contribution in [1.29, 1.82) is 0 Å². The van der Waals surface area contributed by atoms with E-state index in [9.17, 15) is 0 Å². The first-order valence-corrected chi connectivity index (χ1v) is 9.51. The zero-order chi connectivity index (χ0) is 16.8. The third kappa shape index (κ3) is 10.1. The molecule has 0 atom stereocenters. The number of nitrogens with zero attached hydrogens (tertiary/aromatic N) is 3. The first-order chi connectivity index (χ1) is 11.3. The molecular formula is C19H36BrN3O. The maximum Gasteiger partial charge on any atom is 0.303 e. The molecule has 0 amide bonds. The lowest BCUT2D eigenvalue weighted by Gasteiger charge is -2.03.